The lowest BCUT2D eigenvalue weighted by Crippen LogP contribution is -2.21. The molecule has 112 valence electrons. The quantitative estimate of drug-likeness (QED) is 0.512. The number of amides is 1. The molecule has 0 unspecified atom stereocenters. The van der Waals surface area contributed by atoms with Gasteiger partial charge in [-0.05, 0) is 18.2 Å². The van der Waals surface area contributed by atoms with Crippen LogP contribution >= 0.6 is 0 Å². The van der Waals surface area contributed by atoms with Crippen LogP contribution in [0.1, 0.15) is 10.5 Å². The van der Waals surface area contributed by atoms with Gasteiger partial charge in [-0.1, -0.05) is 12.1 Å². The largest absolute Gasteiger partial charge is 0.451 e. The number of nitro groups is 1. The number of hydrogen-bond acceptors (Lipinski definition) is 6. The van der Waals surface area contributed by atoms with Crippen LogP contribution in [0.15, 0.2) is 48.7 Å². The molecule has 0 atom stereocenters. The van der Waals surface area contributed by atoms with Crippen molar-refractivity contribution in [3.8, 4) is 0 Å². The molecule has 8 heteroatoms. The summed E-state index contributed by atoms with van der Waals surface area (Å²) in [7, 11) is 0. The summed E-state index contributed by atoms with van der Waals surface area (Å²) in [5.74, 6) is -1.33. The molecule has 1 amide bonds. The summed E-state index contributed by atoms with van der Waals surface area (Å²) < 4.78 is 4.79. The zero-order chi connectivity index (χ0) is 15.9. The van der Waals surface area contributed by atoms with E-state index in [2.05, 4.69) is 10.3 Å². The molecule has 1 heterocycles. The van der Waals surface area contributed by atoms with E-state index in [0.717, 1.165) is 0 Å². The monoisotopic (exact) mass is 301 g/mol. The van der Waals surface area contributed by atoms with E-state index in [4.69, 9.17) is 4.74 Å². The number of rotatable bonds is 5. The third-order valence-electron chi connectivity index (χ3n) is 2.55. The van der Waals surface area contributed by atoms with Crippen molar-refractivity contribution in [3.05, 3.63) is 64.5 Å². The number of hydrogen-bond donors (Lipinski definition) is 1. The topological polar surface area (TPSA) is 111 Å². The minimum Gasteiger partial charge on any atom is -0.451 e. The van der Waals surface area contributed by atoms with Crippen molar-refractivity contribution in [1.82, 2.24) is 4.98 Å². The van der Waals surface area contributed by atoms with E-state index in [1.54, 1.807) is 12.1 Å². The molecule has 8 nitrogen and oxygen atoms in total. The van der Waals surface area contributed by atoms with Crippen LogP contribution in [0.2, 0.25) is 0 Å². The van der Waals surface area contributed by atoms with Crippen molar-refractivity contribution >= 4 is 23.3 Å². The van der Waals surface area contributed by atoms with E-state index in [9.17, 15) is 19.7 Å². The number of aromatic nitrogens is 1. The van der Waals surface area contributed by atoms with Gasteiger partial charge in [-0.3, -0.25) is 14.9 Å². The Morgan fingerprint density at radius 1 is 1.23 bits per heavy atom. The zero-order valence-electron chi connectivity index (χ0n) is 11.3. The maximum Gasteiger partial charge on any atom is 0.357 e. The molecule has 0 radical (unpaired) electrons. The van der Waals surface area contributed by atoms with E-state index in [1.807, 2.05) is 0 Å². The number of carbonyl (C=O) groups is 2. The number of nitro benzene ring substituents is 1. The molecule has 22 heavy (non-hydrogen) atoms. The highest BCUT2D eigenvalue weighted by Gasteiger charge is 2.12. The van der Waals surface area contributed by atoms with Gasteiger partial charge in [0.05, 0.1) is 4.92 Å². The third-order valence-corrected chi connectivity index (χ3v) is 2.55. The van der Waals surface area contributed by atoms with Crippen molar-refractivity contribution < 1.29 is 19.2 Å². The Labute approximate surface area is 124 Å². The van der Waals surface area contributed by atoms with Crippen LogP contribution in [-0.2, 0) is 9.53 Å². The molecule has 0 saturated heterocycles. The fraction of sp³-hybridized carbons (Fsp3) is 0.0714. The standard InChI is InChI=1S/C14H11N3O5/c18-13(9-22-14(19)12-6-1-2-7-15-12)16-10-4-3-5-11(8-10)17(20)21/h1-8H,9H2,(H,16,18). The van der Waals surface area contributed by atoms with E-state index in [-0.39, 0.29) is 17.1 Å². The first-order chi connectivity index (χ1) is 10.6. The first kappa shape index (κ1) is 15.1. The van der Waals surface area contributed by atoms with Crippen LogP contribution < -0.4 is 5.32 Å². The second-order valence-corrected chi connectivity index (χ2v) is 4.15. The number of pyridine rings is 1. The van der Waals surface area contributed by atoms with Crippen LogP contribution in [0.4, 0.5) is 11.4 Å². The molecule has 1 aromatic heterocycles. The van der Waals surface area contributed by atoms with Gasteiger partial charge in [-0.2, -0.15) is 0 Å². The van der Waals surface area contributed by atoms with E-state index >= 15 is 0 Å². The molecular weight excluding hydrogens is 290 g/mol. The first-order valence-corrected chi connectivity index (χ1v) is 6.19. The molecule has 2 aromatic rings. The Hall–Kier alpha value is -3.29. The Bertz CT molecular complexity index is 703. The van der Waals surface area contributed by atoms with Gasteiger partial charge in [-0.15, -0.1) is 0 Å². The lowest BCUT2D eigenvalue weighted by Gasteiger charge is -2.06. The van der Waals surface area contributed by atoms with Crippen LogP contribution in [-0.4, -0.2) is 28.4 Å². The van der Waals surface area contributed by atoms with Crippen LogP contribution in [0.5, 0.6) is 0 Å². The molecular formula is C14H11N3O5. The smallest absolute Gasteiger partial charge is 0.357 e. The lowest BCUT2D eigenvalue weighted by atomic mass is 10.3. The second kappa shape index (κ2) is 6.93. The number of anilines is 1. The predicted octanol–water partition coefficient (Wildman–Crippen LogP) is 1.79. The average molecular weight is 301 g/mol. The fourth-order valence-electron chi connectivity index (χ4n) is 1.58. The van der Waals surface area contributed by atoms with Gasteiger partial charge in [0, 0.05) is 24.0 Å². The van der Waals surface area contributed by atoms with E-state index < -0.39 is 23.4 Å². The molecule has 0 fully saturated rings. The highest BCUT2D eigenvalue weighted by molar-refractivity contribution is 5.94. The number of esters is 1. The molecule has 1 aromatic carbocycles. The molecule has 0 saturated carbocycles. The number of nitrogens with one attached hydrogen (secondary N) is 1. The van der Waals surface area contributed by atoms with Gasteiger partial charge < -0.3 is 10.1 Å². The molecule has 0 aliphatic rings. The summed E-state index contributed by atoms with van der Waals surface area (Å²) in [5.41, 5.74) is 0.182. The van der Waals surface area contributed by atoms with Gasteiger partial charge in [0.2, 0.25) is 0 Å². The van der Waals surface area contributed by atoms with Crippen LogP contribution in [0.3, 0.4) is 0 Å². The molecule has 0 aliphatic heterocycles. The number of benzene rings is 1. The normalized spacial score (nSPS) is 9.82. The van der Waals surface area contributed by atoms with Gasteiger partial charge in [0.25, 0.3) is 11.6 Å². The molecule has 2 rings (SSSR count). The van der Waals surface area contributed by atoms with Crippen molar-refractivity contribution in [3.63, 3.8) is 0 Å². The van der Waals surface area contributed by atoms with Gasteiger partial charge in [0.1, 0.15) is 5.69 Å². The zero-order valence-corrected chi connectivity index (χ0v) is 11.3. The summed E-state index contributed by atoms with van der Waals surface area (Å²) in [4.78, 5) is 37.1. The number of ether oxygens (including phenoxy) is 1. The van der Waals surface area contributed by atoms with Crippen molar-refractivity contribution in [1.29, 1.82) is 0 Å². The predicted molar refractivity (Wildman–Crippen MR) is 76.2 cm³/mol. The van der Waals surface area contributed by atoms with Crippen LogP contribution in [0.25, 0.3) is 0 Å². The minimum atomic E-state index is -0.727. The van der Waals surface area contributed by atoms with Crippen molar-refractivity contribution in [2.45, 2.75) is 0 Å². The maximum atomic E-state index is 11.7. The van der Waals surface area contributed by atoms with Gasteiger partial charge in [-0.25, -0.2) is 9.78 Å². The van der Waals surface area contributed by atoms with E-state index in [0.29, 0.717) is 0 Å². The fourth-order valence-corrected chi connectivity index (χ4v) is 1.58. The average Bonchev–Trinajstić information content (AvgIpc) is 2.53. The Kier molecular flexibility index (Phi) is 4.76. The maximum absolute atomic E-state index is 11.7. The molecule has 0 aliphatic carbocycles. The Morgan fingerprint density at radius 2 is 2.05 bits per heavy atom. The summed E-state index contributed by atoms with van der Waals surface area (Å²) in [6, 6.07) is 10.2. The number of nitrogens with zero attached hydrogens (tertiary/aromatic N) is 2. The molecule has 0 spiro atoms. The Balaban J connectivity index is 1.89. The Morgan fingerprint density at radius 3 is 2.73 bits per heavy atom. The van der Waals surface area contributed by atoms with Crippen LogP contribution in [0, 0.1) is 10.1 Å². The summed E-state index contributed by atoms with van der Waals surface area (Å²) in [6.45, 7) is -0.516. The third kappa shape index (κ3) is 4.10. The summed E-state index contributed by atoms with van der Waals surface area (Å²) in [5, 5.41) is 13.0. The van der Waals surface area contributed by atoms with E-state index in [1.165, 1.54) is 36.5 Å². The van der Waals surface area contributed by atoms with Gasteiger partial charge in [0.15, 0.2) is 6.61 Å². The minimum absolute atomic E-state index is 0.0886. The van der Waals surface area contributed by atoms with Crippen molar-refractivity contribution in [2.75, 3.05) is 11.9 Å². The lowest BCUT2D eigenvalue weighted by molar-refractivity contribution is -0.384. The second-order valence-electron chi connectivity index (χ2n) is 4.15. The number of non-ortho nitro benzene ring substituents is 1. The van der Waals surface area contributed by atoms with Gasteiger partial charge >= 0.3 is 5.97 Å². The summed E-state index contributed by atoms with van der Waals surface area (Å²) >= 11 is 0. The summed E-state index contributed by atoms with van der Waals surface area (Å²) in [6.07, 6.45) is 1.43. The molecule has 0 bridgehead atoms. The number of carbonyl (C=O) groups excluding carboxylic acids is 2. The molecule has 1 N–H and O–H groups in total. The van der Waals surface area contributed by atoms with Crippen molar-refractivity contribution in [2.24, 2.45) is 0 Å². The first-order valence-electron chi connectivity index (χ1n) is 6.19. The highest BCUT2D eigenvalue weighted by atomic mass is 16.6. The highest BCUT2D eigenvalue weighted by Crippen LogP contribution is 2.16. The SMILES string of the molecule is O=C(COC(=O)c1ccccn1)Nc1cccc([N+](=O)[O-])c1.